The zero-order valence-electron chi connectivity index (χ0n) is 14.3. The van der Waals surface area contributed by atoms with Gasteiger partial charge in [0.1, 0.15) is 12.4 Å². The topological polar surface area (TPSA) is 71.1 Å². The van der Waals surface area contributed by atoms with E-state index in [9.17, 15) is 14.0 Å². The first-order valence-corrected chi connectivity index (χ1v) is 7.58. The van der Waals surface area contributed by atoms with Gasteiger partial charge in [0.15, 0.2) is 11.5 Å². The van der Waals surface area contributed by atoms with Crippen LogP contribution in [0.1, 0.15) is 18.5 Å². The van der Waals surface area contributed by atoms with Crippen LogP contribution in [0.25, 0.3) is 0 Å². The summed E-state index contributed by atoms with van der Waals surface area (Å²) in [7, 11) is 4.57. The molecule has 1 aliphatic heterocycles. The first kappa shape index (κ1) is 17.8. The Morgan fingerprint density at radius 2 is 1.88 bits per heavy atom. The van der Waals surface area contributed by atoms with Crippen molar-refractivity contribution in [1.82, 2.24) is 15.1 Å². The van der Waals surface area contributed by atoms with Crippen LogP contribution in [0.3, 0.4) is 0 Å². The summed E-state index contributed by atoms with van der Waals surface area (Å²) in [4.78, 5) is 27.0. The van der Waals surface area contributed by atoms with Crippen molar-refractivity contribution in [3.63, 3.8) is 0 Å². The van der Waals surface area contributed by atoms with E-state index >= 15 is 0 Å². The molecule has 0 saturated carbocycles. The number of benzene rings is 1. The van der Waals surface area contributed by atoms with Crippen LogP contribution in [-0.4, -0.2) is 62.6 Å². The van der Waals surface area contributed by atoms with Crippen LogP contribution in [0, 0.1) is 5.82 Å². The molecule has 24 heavy (non-hydrogen) atoms. The molecule has 1 N–H and O–H groups in total. The Labute approximate surface area is 140 Å². The molecule has 1 aromatic carbocycles. The summed E-state index contributed by atoms with van der Waals surface area (Å²) in [5.74, 6) is 0.0305. The number of carbonyl (C=O) groups is 2. The number of nitrogens with one attached hydrogen (secondary N) is 1. The first-order valence-electron chi connectivity index (χ1n) is 7.58. The highest BCUT2D eigenvalue weighted by atomic mass is 19.1. The maximum absolute atomic E-state index is 14.2. The quantitative estimate of drug-likeness (QED) is 0.900. The van der Waals surface area contributed by atoms with Gasteiger partial charge in [0, 0.05) is 31.8 Å². The molecule has 1 atom stereocenters. The van der Waals surface area contributed by atoms with E-state index < -0.39 is 17.9 Å². The van der Waals surface area contributed by atoms with E-state index in [2.05, 4.69) is 5.32 Å². The number of rotatable bonds is 4. The molecule has 1 aromatic rings. The molecule has 1 heterocycles. The second-order valence-corrected chi connectivity index (χ2v) is 5.64. The van der Waals surface area contributed by atoms with E-state index in [1.807, 2.05) is 0 Å². The molecular formula is C16H22FN3O4. The van der Waals surface area contributed by atoms with Crippen LogP contribution in [0.2, 0.25) is 0 Å². The number of halogens is 1. The zero-order chi connectivity index (χ0) is 17.9. The first-order chi connectivity index (χ1) is 11.4. The summed E-state index contributed by atoms with van der Waals surface area (Å²) < 4.78 is 24.5. The molecule has 0 radical (unpaired) electrons. The summed E-state index contributed by atoms with van der Waals surface area (Å²) in [5, 5.41) is 2.71. The van der Waals surface area contributed by atoms with E-state index in [4.69, 9.17) is 9.47 Å². The molecule has 1 aliphatic rings. The summed E-state index contributed by atoms with van der Waals surface area (Å²) in [6.45, 7) is 2.60. The van der Waals surface area contributed by atoms with Gasteiger partial charge in [-0.3, -0.25) is 4.79 Å². The van der Waals surface area contributed by atoms with Crippen LogP contribution in [-0.2, 0) is 4.79 Å². The van der Waals surface area contributed by atoms with E-state index in [1.165, 1.54) is 31.3 Å². The Hall–Kier alpha value is -2.51. The van der Waals surface area contributed by atoms with Crippen LogP contribution >= 0.6 is 0 Å². The van der Waals surface area contributed by atoms with Gasteiger partial charge in [-0.2, -0.15) is 0 Å². The SMILES string of the molecule is COc1cc(F)c([C@@H](C)NC(=O)N2CCN(C)C(=O)C2)cc1OC. The predicted molar refractivity (Wildman–Crippen MR) is 85.7 cm³/mol. The van der Waals surface area contributed by atoms with Crippen LogP contribution in [0.15, 0.2) is 12.1 Å². The van der Waals surface area contributed by atoms with E-state index in [0.29, 0.717) is 18.8 Å². The molecule has 0 bridgehead atoms. The van der Waals surface area contributed by atoms with Gasteiger partial charge in [0.25, 0.3) is 0 Å². The molecule has 2 rings (SSSR count). The maximum atomic E-state index is 14.2. The van der Waals surface area contributed by atoms with Crippen molar-refractivity contribution in [2.45, 2.75) is 13.0 Å². The van der Waals surface area contributed by atoms with Crippen LogP contribution < -0.4 is 14.8 Å². The van der Waals surface area contributed by atoms with Crippen molar-refractivity contribution in [3.8, 4) is 11.5 Å². The Morgan fingerprint density at radius 1 is 1.25 bits per heavy atom. The van der Waals surface area contributed by atoms with Crippen molar-refractivity contribution < 1.29 is 23.5 Å². The highest BCUT2D eigenvalue weighted by Gasteiger charge is 2.26. The lowest BCUT2D eigenvalue weighted by molar-refractivity contribution is -0.133. The van der Waals surface area contributed by atoms with Gasteiger partial charge in [-0.25, -0.2) is 9.18 Å². The number of carbonyl (C=O) groups excluding carboxylic acids is 2. The van der Waals surface area contributed by atoms with E-state index in [1.54, 1.807) is 18.9 Å². The van der Waals surface area contributed by atoms with Gasteiger partial charge in [-0.05, 0) is 13.0 Å². The fourth-order valence-corrected chi connectivity index (χ4v) is 2.49. The largest absolute Gasteiger partial charge is 0.493 e. The lowest BCUT2D eigenvalue weighted by Gasteiger charge is -2.32. The number of likely N-dealkylation sites (N-methyl/N-ethyl adjacent to an activating group) is 1. The molecule has 0 aromatic heterocycles. The van der Waals surface area contributed by atoms with E-state index in [0.717, 1.165) is 0 Å². The van der Waals surface area contributed by atoms with Crippen molar-refractivity contribution in [1.29, 1.82) is 0 Å². The lowest BCUT2D eigenvalue weighted by atomic mass is 10.1. The minimum Gasteiger partial charge on any atom is -0.493 e. The second-order valence-electron chi connectivity index (χ2n) is 5.64. The fraction of sp³-hybridized carbons (Fsp3) is 0.500. The van der Waals surface area contributed by atoms with Gasteiger partial charge in [-0.1, -0.05) is 0 Å². The Balaban J connectivity index is 2.10. The zero-order valence-corrected chi connectivity index (χ0v) is 14.3. The molecule has 1 saturated heterocycles. The second kappa shape index (κ2) is 7.37. The van der Waals surface area contributed by atoms with Crippen LogP contribution in [0.5, 0.6) is 11.5 Å². The molecule has 3 amide bonds. The number of ether oxygens (including phenoxy) is 2. The van der Waals surface area contributed by atoms with Gasteiger partial charge < -0.3 is 24.6 Å². The highest BCUT2D eigenvalue weighted by Crippen LogP contribution is 2.32. The van der Waals surface area contributed by atoms with E-state index in [-0.39, 0.29) is 23.8 Å². The monoisotopic (exact) mass is 339 g/mol. The van der Waals surface area contributed by atoms with Crippen LogP contribution in [0.4, 0.5) is 9.18 Å². The average molecular weight is 339 g/mol. The number of hydrogen-bond donors (Lipinski definition) is 1. The molecule has 8 heteroatoms. The van der Waals surface area contributed by atoms with Crippen molar-refractivity contribution in [3.05, 3.63) is 23.5 Å². The highest BCUT2D eigenvalue weighted by molar-refractivity contribution is 5.85. The number of methoxy groups -OCH3 is 2. The normalized spacial score (nSPS) is 16.0. The fourth-order valence-electron chi connectivity index (χ4n) is 2.49. The third kappa shape index (κ3) is 3.69. The number of piperazine rings is 1. The standard InChI is InChI=1S/C16H22FN3O4/c1-10(11-7-13(23-3)14(24-4)8-12(11)17)18-16(22)20-6-5-19(2)15(21)9-20/h7-8,10H,5-6,9H2,1-4H3,(H,18,22)/t10-/m1/s1. The molecule has 132 valence electrons. The van der Waals surface area contributed by atoms with Crippen molar-refractivity contribution >= 4 is 11.9 Å². The van der Waals surface area contributed by atoms with Gasteiger partial charge in [0.2, 0.25) is 5.91 Å². The minimum atomic E-state index is -0.591. The predicted octanol–water partition coefficient (Wildman–Crippen LogP) is 1.39. The van der Waals surface area contributed by atoms with Crippen molar-refractivity contribution in [2.24, 2.45) is 0 Å². The smallest absolute Gasteiger partial charge is 0.318 e. The molecule has 7 nitrogen and oxygen atoms in total. The summed E-state index contributed by atoms with van der Waals surface area (Å²) in [6.07, 6.45) is 0. The van der Waals surface area contributed by atoms with Gasteiger partial charge in [0.05, 0.1) is 20.3 Å². The Kier molecular flexibility index (Phi) is 5.48. The molecule has 0 aliphatic carbocycles. The van der Waals surface area contributed by atoms with Crippen molar-refractivity contribution in [2.75, 3.05) is 40.9 Å². The Morgan fingerprint density at radius 3 is 2.46 bits per heavy atom. The number of amides is 3. The summed E-state index contributed by atoms with van der Waals surface area (Å²) in [5.41, 5.74) is 0.279. The number of hydrogen-bond acceptors (Lipinski definition) is 4. The van der Waals surface area contributed by atoms with Gasteiger partial charge in [-0.15, -0.1) is 0 Å². The average Bonchev–Trinajstić information content (AvgIpc) is 2.56. The summed E-state index contributed by atoms with van der Waals surface area (Å²) >= 11 is 0. The van der Waals surface area contributed by atoms with Gasteiger partial charge >= 0.3 is 6.03 Å². The molecule has 1 fully saturated rings. The third-order valence-corrected chi connectivity index (χ3v) is 4.05. The molecule has 0 spiro atoms. The maximum Gasteiger partial charge on any atom is 0.318 e. The number of urea groups is 1. The molecular weight excluding hydrogens is 317 g/mol. The Bertz CT molecular complexity index is 638. The summed E-state index contributed by atoms with van der Waals surface area (Å²) in [6, 6.07) is 1.72. The number of nitrogens with zero attached hydrogens (tertiary/aromatic N) is 2. The molecule has 0 unspecified atom stereocenters. The lowest BCUT2D eigenvalue weighted by Crippen LogP contribution is -2.53. The minimum absolute atomic E-state index is 0.0173. The third-order valence-electron chi connectivity index (χ3n) is 4.05.